The first kappa shape index (κ1) is 20.9. The summed E-state index contributed by atoms with van der Waals surface area (Å²) < 4.78 is 7.32. The Morgan fingerprint density at radius 1 is 0.943 bits per heavy atom. The lowest BCUT2D eigenvalue weighted by atomic mass is 9.81. The van der Waals surface area contributed by atoms with Gasteiger partial charge in [-0.25, -0.2) is 9.79 Å². The molecular formula is C28H22N3O4+. The lowest BCUT2D eigenvalue weighted by molar-refractivity contribution is -0.363. The minimum Gasteiger partial charge on any atom is -0.507 e. The van der Waals surface area contributed by atoms with E-state index in [0.29, 0.717) is 40.6 Å². The molecular weight excluding hydrogens is 442 g/mol. The van der Waals surface area contributed by atoms with Crippen LogP contribution < -0.4 is 21.0 Å². The van der Waals surface area contributed by atoms with E-state index in [1.807, 2.05) is 78.9 Å². The summed E-state index contributed by atoms with van der Waals surface area (Å²) in [4.78, 5) is 31.1. The van der Waals surface area contributed by atoms with E-state index < -0.39 is 17.2 Å². The quantitative estimate of drug-likeness (QED) is 0.432. The zero-order chi connectivity index (χ0) is 24.1. The van der Waals surface area contributed by atoms with Crippen LogP contribution in [0.15, 0.2) is 94.0 Å². The second kappa shape index (κ2) is 7.99. The van der Waals surface area contributed by atoms with Crippen molar-refractivity contribution in [3.05, 3.63) is 133 Å². The van der Waals surface area contributed by atoms with Gasteiger partial charge in [0.1, 0.15) is 29.4 Å². The maximum absolute atomic E-state index is 13.1. The van der Waals surface area contributed by atoms with Gasteiger partial charge in [-0.05, 0) is 29.3 Å². The standard InChI is InChI=1S/C28H21N3O4/c1-31-26-23(27(33)30-28(31)34)21(22-24(29-26)19-9-5-6-10-20(19)25(22)32)17-11-13-18(14-12-17)35-15-16-7-3-2-4-8-16/h2-14,21,32H,15H2,1H3,(H,30,33,34)/p+1. The fourth-order valence-electron chi connectivity index (χ4n) is 4.88. The number of nitrogens with zero attached hydrogens (tertiary/aromatic N) is 1. The molecule has 0 saturated carbocycles. The van der Waals surface area contributed by atoms with Crippen molar-refractivity contribution in [2.75, 3.05) is 0 Å². The molecule has 0 fully saturated rings. The monoisotopic (exact) mass is 464 g/mol. The molecule has 4 aromatic rings. The zero-order valence-electron chi connectivity index (χ0n) is 18.9. The number of allylic oxidation sites excluding steroid dienone is 1. The van der Waals surface area contributed by atoms with Gasteiger partial charge in [0.2, 0.25) is 0 Å². The molecule has 172 valence electrons. The molecule has 0 amide bonds. The molecule has 0 saturated heterocycles. The van der Waals surface area contributed by atoms with Crippen molar-refractivity contribution < 1.29 is 14.8 Å². The van der Waals surface area contributed by atoms with Gasteiger partial charge in [-0.1, -0.05) is 60.7 Å². The number of ether oxygens (including phenoxy) is 1. The van der Waals surface area contributed by atoms with E-state index in [2.05, 4.69) is 9.98 Å². The van der Waals surface area contributed by atoms with Crippen LogP contribution >= 0.6 is 0 Å². The van der Waals surface area contributed by atoms with Gasteiger partial charge >= 0.3 is 5.69 Å². The Bertz CT molecular complexity index is 1640. The number of nitrogens with one attached hydrogen (secondary N) is 2. The normalized spacial score (nSPS) is 15.8. The van der Waals surface area contributed by atoms with Gasteiger partial charge in [0.15, 0.2) is 0 Å². The minimum absolute atomic E-state index is 0.122. The summed E-state index contributed by atoms with van der Waals surface area (Å²) in [5, 5.41) is 11.2. The average molecular weight is 465 g/mol. The van der Waals surface area contributed by atoms with Crippen molar-refractivity contribution in [3.63, 3.8) is 0 Å². The van der Waals surface area contributed by atoms with Gasteiger partial charge in [0, 0.05) is 11.1 Å². The highest BCUT2D eigenvalue weighted by Crippen LogP contribution is 2.43. The van der Waals surface area contributed by atoms with E-state index >= 15 is 0 Å². The molecule has 35 heavy (non-hydrogen) atoms. The van der Waals surface area contributed by atoms with Gasteiger partial charge in [-0.2, -0.15) is 4.57 Å². The molecule has 2 heterocycles. The predicted molar refractivity (Wildman–Crippen MR) is 132 cm³/mol. The molecule has 2 aliphatic rings. The summed E-state index contributed by atoms with van der Waals surface area (Å²) in [5.41, 5.74) is 4.07. The summed E-state index contributed by atoms with van der Waals surface area (Å²) in [6, 6.07) is 24.9. The largest absolute Gasteiger partial charge is 0.507 e. The Hall–Kier alpha value is -4.65. The Kier molecular flexibility index (Phi) is 4.77. The maximum Gasteiger partial charge on any atom is 0.415 e. The number of H-pyrrole nitrogens is 1. The minimum atomic E-state index is -0.577. The summed E-state index contributed by atoms with van der Waals surface area (Å²) >= 11 is 0. The molecule has 3 aromatic carbocycles. The maximum atomic E-state index is 13.1. The highest BCUT2D eigenvalue weighted by molar-refractivity contribution is 6.21. The molecule has 1 aromatic heterocycles. The van der Waals surface area contributed by atoms with Crippen molar-refractivity contribution in [2.45, 2.75) is 12.5 Å². The second-order valence-corrected chi connectivity index (χ2v) is 8.66. The third kappa shape index (κ3) is 3.32. The number of fused-ring (bicyclic) bond motifs is 4. The number of aromatic nitrogens is 2. The lowest BCUT2D eigenvalue weighted by Crippen LogP contribution is -2.72. The number of hydrogen-bond donors (Lipinski definition) is 3. The summed E-state index contributed by atoms with van der Waals surface area (Å²) in [6.07, 6.45) is 0. The third-order valence-corrected chi connectivity index (χ3v) is 6.62. The lowest BCUT2D eigenvalue weighted by Gasteiger charge is -2.23. The molecule has 7 heteroatoms. The van der Waals surface area contributed by atoms with Crippen molar-refractivity contribution >= 4 is 17.3 Å². The molecule has 0 spiro atoms. The van der Waals surface area contributed by atoms with Crippen LogP contribution in [0, 0.1) is 0 Å². The molecule has 1 aliphatic carbocycles. The summed E-state index contributed by atoms with van der Waals surface area (Å²) in [5.74, 6) is 0.651. The molecule has 3 N–H and O–H groups in total. The molecule has 0 radical (unpaired) electrons. The van der Waals surface area contributed by atoms with Crippen LogP contribution in [0.4, 0.5) is 5.82 Å². The molecule has 0 bridgehead atoms. The smallest absolute Gasteiger partial charge is 0.415 e. The Morgan fingerprint density at radius 2 is 1.63 bits per heavy atom. The molecule has 6 rings (SSSR count). The predicted octanol–water partition coefficient (Wildman–Crippen LogP) is 2.28. The van der Waals surface area contributed by atoms with E-state index in [0.717, 1.165) is 16.7 Å². The first-order valence-electron chi connectivity index (χ1n) is 11.3. The first-order valence-corrected chi connectivity index (χ1v) is 11.3. The van der Waals surface area contributed by atoms with Crippen molar-refractivity contribution in [1.29, 1.82) is 0 Å². The van der Waals surface area contributed by atoms with Crippen LogP contribution in [-0.4, -0.2) is 20.4 Å². The van der Waals surface area contributed by atoms with E-state index in [-0.39, 0.29) is 5.76 Å². The highest BCUT2D eigenvalue weighted by atomic mass is 16.5. The van der Waals surface area contributed by atoms with Crippen LogP contribution in [0.1, 0.15) is 33.7 Å². The van der Waals surface area contributed by atoms with Gasteiger partial charge in [0.25, 0.3) is 11.4 Å². The third-order valence-electron chi connectivity index (χ3n) is 6.62. The fourth-order valence-corrected chi connectivity index (χ4v) is 4.88. The summed E-state index contributed by atoms with van der Waals surface area (Å²) in [7, 11) is 1.61. The Morgan fingerprint density at radius 3 is 2.37 bits per heavy atom. The zero-order valence-corrected chi connectivity index (χ0v) is 18.9. The first-order chi connectivity index (χ1) is 17.0. The van der Waals surface area contributed by atoms with Crippen LogP contribution in [0.25, 0.3) is 5.76 Å². The number of hydrogen-bond acceptors (Lipinski definition) is 4. The average Bonchev–Trinajstić information content (AvgIpc) is 3.18. The van der Waals surface area contributed by atoms with Crippen molar-refractivity contribution in [3.8, 4) is 5.75 Å². The molecule has 1 atom stereocenters. The number of aromatic amines is 1. The van der Waals surface area contributed by atoms with E-state index in [9.17, 15) is 14.7 Å². The van der Waals surface area contributed by atoms with Crippen LogP contribution in [0.3, 0.4) is 0 Å². The van der Waals surface area contributed by atoms with Gasteiger partial charge < -0.3 is 9.84 Å². The van der Waals surface area contributed by atoms with E-state index in [4.69, 9.17) is 4.74 Å². The van der Waals surface area contributed by atoms with E-state index in [1.165, 1.54) is 4.57 Å². The number of rotatable bonds is 4. The summed E-state index contributed by atoms with van der Waals surface area (Å²) in [6.45, 7) is 0.442. The Labute approximate surface area is 200 Å². The molecule has 1 unspecified atom stereocenters. The Balaban J connectivity index is 1.47. The van der Waals surface area contributed by atoms with Gasteiger partial charge in [0.05, 0.1) is 18.5 Å². The number of benzene rings is 3. The molecule has 1 aliphatic heterocycles. The van der Waals surface area contributed by atoms with Crippen LogP contribution in [0.5, 0.6) is 5.75 Å². The SMILES string of the molecule is Cn1c2c(c(=O)[nH]c1=O)C(c1ccc(OCc3ccccc3)cc1)C1=C(O)c3ccccc3C1=[NH+]2. The van der Waals surface area contributed by atoms with Gasteiger partial charge in [-0.15, -0.1) is 0 Å². The van der Waals surface area contributed by atoms with Crippen molar-refractivity contribution in [2.24, 2.45) is 7.05 Å². The fraction of sp³-hybridized carbons (Fsp3) is 0.107. The number of aliphatic hydroxyl groups is 1. The van der Waals surface area contributed by atoms with Crippen LogP contribution in [-0.2, 0) is 13.7 Å². The van der Waals surface area contributed by atoms with E-state index in [1.54, 1.807) is 7.05 Å². The highest BCUT2D eigenvalue weighted by Gasteiger charge is 2.43. The topological polar surface area (TPSA) is 98.3 Å². The number of aliphatic hydroxyl groups excluding tert-OH is 1. The second-order valence-electron chi connectivity index (χ2n) is 8.66. The van der Waals surface area contributed by atoms with Crippen LogP contribution in [0.2, 0.25) is 0 Å². The van der Waals surface area contributed by atoms with Crippen molar-refractivity contribution in [1.82, 2.24) is 9.55 Å². The van der Waals surface area contributed by atoms with Gasteiger partial charge in [-0.3, -0.25) is 9.78 Å². The molecule has 7 nitrogen and oxygen atoms in total.